The zero-order valence-electron chi connectivity index (χ0n) is 59.4. The molecule has 13 amide bonds. The van der Waals surface area contributed by atoms with Crippen LogP contribution in [0.4, 0.5) is 0 Å². The van der Waals surface area contributed by atoms with Crippen molar-refractivity contribution in [1.82, 2.24) is 78.4 Å². The van der Waals surface area contributed by atoms with Gasteiger partial charge >= 0.3 is 5.97 Å². The molecule has 3 rings (SSSR count). The first-order valence-electron chi connectivity index (χ1n) is 34.1. The quantitative estimate of drug-likeness (QED) is 0.0133. The number of unbranched alkanes of at least 4 members (excludes halogenated alkanes) is 1. The predicted octanol–water partition coefficient (Wildman–Crippen LogP) is -4.30. The van der Waals surface area contributed by atoms with Crippen LogP contribution < -0.4 is 87.2 Å². The van der Waals surface area contributed by atoms with Gasteiger partial charge < -0.3 is 107 Å². The summed E-state index contributed by atoms with van der Waals surface area (Å²) in [6.07, 6.45) is 7.96. The zero-order chi connectivity index (χ0) is 76.4. The van der Waals surface area contributed by atoms with Crippen LogP contribution in [0.15, 0.2) is 42.2 Å². The highest BCUT2D eigenvalue weighted by atomic mass is 16.4. The topological polar surface area (TPSA) is 612 Å². The largest absolute Gasteiger partial charge is 0.481 e. The number of hydrogen-bond acceptors (Lipinski definition) is 19. The molecule has 37 nitrogen and oxygen atoms in total. The third kappa shape index (κ3) is 30.8. The van der Waals surface area contributed by atoms with Crippen molar-refractivity contribution >= 4 is 88.7 Å². The Labute approximate surface area is 592 Å². The van der Waals surface area contributed by atoms with Crippen LogP contribution in [0.1, 0.15) is 163 Å². The molecule has 0 saturated heterocycles. The van der Waals surface area contributed by atoms with Crippen LogP contribution in [0, 0.1) is 17.8 Å². The van der Waals surface area contributed by atoms with Gasteiger partial charge in [-0.15, -0.1) is 0 Å². The Hall–Kier alpha value is -10.1. The fourth-order valence-corrected chi connectivity index (χ4v) is 11.2. The van der Waals surface area contributed by atoms with Crippen molar-refractivity contribution < 1.29 is 77.3 Å². The third-order valence-electron chi connectivity index (χ3n) is 16.6. The normalized spacial score (nSPS) is 21.5. The van der Waals surface area contributed by atoms with Gasteiger partial charge in [-0.25, -0.2) is 9.97 Å². The van der Waals surface area contributed by atoms with Gasteiger partial charge in [0.15, 0.2) is 5.96 Å². The van der Waals surface area contributed by atoms with E-state index >= 15 is 14.4 Å². The molecular weight excluding hydrogens is 1330 g/mol. The number of carboxylic acid groups (broad SMARTS) is 1. The molecule has 2 aromatic rings. The minimum absolute atomic E-state index is 0.00125. The van der Waals surface area contributed by atoms with Gasteiger partial charge in [-0.2, -0.15) is 0 Å². The van der Waals surface area contributed by atoms with Crippen molar-refractivity contribution in [2.75, 3.05) is 19.7 Å². The minimum Gasteiger partial charge on any atom is -0.481 e. The molecule has 3 heterocycles. The number of aliphatic carboxylic acids is 1. The molecule has 2 aromatic heterocycles. The summed E-state index contributed by atoms with van der Waals surface area (Å²) in [5, 5.41) is 48.1. The van der Waals surface area contributed by atoms with Crippen LogP contribution in [0.25, 0.3) is 0 Å². The fourth-order valence-electron chi connectivity index (χ4n) is 11.2. The SMILES string of the molecule is CC(=O)N[C@@H](Cc1cnc[nH]1)C(=O)N[C@@H](CCCCN)C(=O)N[C@@]1(C)C[C@@H](C)C/C=C\CCC[C@@](C)(C(=O)N[C@@H](CC(C)C)C(=O)N[C@@H](CCC(N)=O)C(=O)N[C@@H](CC(=O)O)C(=O)N[C@@H](CO)C(N)=O)NC(=O)[C@H](CCCN=C(N)N)NC(=O)[C@H](Cc2cnc[nH]2)NC(=O)[C@H](CC(C)C)NC1=O. The van der Waals surface area contributed by atoms with Crippen LogP contribution in [0.3, 0.4) is 0 Å². The monoisotopic (exact) mass is 1440 g/mol. The summed E-state index contributed by atoms with van der Waals surface area (Å²) in [5.74, 6) is -15.0. The molecule has 568 valence electrons. The Morgan fingerprint density at radius 2 is 1.26 bits per heavy atom. The second-order valence-electron chi connectivity index (χ2n) is 27.0. The van der Waals surface area contributed by atoms with Gasteiger partial charge in [0.1, 0.15) is 65.5 Å². The summed E-state index contributed by atoms with van der Waals surface area (Å²) < 4.78 is 0. The number of nitrogens with zero attached hydrogens (tertiary/aromatic N) is 3. The Balaban J connectivity index is 2.23. The number of carboxylic acids is 1. The van der Waals surface area contributed by atoms with Gasteiger partial charge in [-0.1, -0.05) is 46.8 Å². The number of carbonyl (C=O) groups is 14. The number of guanidine groups is 1. The molecule has 0 aromatic carbocycles. The van der Waals surface area contributed by atoms with E-state index in [1.807, 2.05) is 18.3 Å². The third-order valence-corrected chi connectivity index (χ3v) is 16.6. The van der Waals surface area contributed by atoms with Gasteiger partial charge in [0.25, 0.3) is 0 Å². The van der Waals surface area contributed by atoms with Gasteiger partial charge in [-0.3, -0.25) is 72.1 Å². The van der Waals surface area contributed by atoms with Crippen LogP contribution >= 0.6 is 0 Å². The number of aliphatic hydroxyl groups excluding tert-OH is 1. The van der Waals surface area contributed by atoms with E-state index in [9.17, 15) is 63.0 Å². The van der Waals surface area contributed by atoms with Gasteiger partial charge in [0, 0.05) is 56.5 Å². The molecular formula is C65H107N21O16. The van der Waals surface area contributed by atoms with E-state index in [2.05, 4.69) is 78.1 Å². The molecule has 0 spiro atoms. The lowest BCUT2D eigenvalue weighted by atomic mass is 9.86. The molecule has 12 atom stereocenters. The number of aliphatic imine (C=N–C) groups is 1. The van der Waals surface area contributed by atoms with Crippen molar-refractivity contribution in [3.63, 3.8) is 0 Å². The van der Waals surface area contributed by atoms with E-state index in [1.54, 1.807) is 33.8 Å². The Morgan fingerprint density at radius 3 is 1.83 bits per heavy atom. The molecule has 0 aliphatic carbocycles. The van der Waals surface area contributed by atoms with Gasteiger partial charge in [0.2, 0.25) is 76.8 Å². The Bertz CT molecular complexity index is 3220. The summed E-state index contributed by atoms with van der Waals surface area (Å²) in [7, 11) is 0. The molecule has 25 N–H and O–H groups in total. The lowest BCUT2D eigenvalue weighted by Gasteiger charge is -2.35. The number of aromatic amines is 2. The fraction of sp³-hybridized carbons (Fsp3) is 0.646. The molecule has 0 unspecified atom stereocenters. The number of amides is 13. The lowest BCUT2D eigenvalue weighted by Crippen LogP contribution is -2.65. The van der Waals surface area contributed by atoms with E-state index in [0.717, 1.165) is 0 Å². The number of aliphatic hydroxyl groups is 1. The maximum Gasteiger partial charge on any atom is 0.305 e. The summed E-state index contributed by atoms with van der Waals surface area (Å²) in [4.78, 5) is 212. The number of imidazole rings is 2. The number of nitrogens with two attached hydrogens (primary N) is 5. The van der Waals surface area contributed by atoms with Crippen LogP contribution in [0.5, 0.6) is 0 Å². The molecule has 0 saturated carbocycles. The number of rotatable bonds is 36. The van der Waals surface area contributed by atoms with Crippen molar-refractivity contribution in [2.24, 2.45) is 51.4 Å². The number of primary amides is 2. The van der Waals surface area contributed by atoms with Gasteiger partial charge in [0.05, 0.1) is 25.7 Å². The van der Waals surface area contributed by atoms with Crippen molar-refractivity contribution in [1.29, 1.82) is 0 Å². The highest BCUT2D eigenvalue weighted by molar-refractivity contribution is 6.01. The highest BCUT2D eigenvalue weighted by Crippen LogP contribution is 2.24. The Kier molecular flexibility index (Phi) is 36.2. The molecule has 102 heavy (non-hydrogen) atoms. The lowest BCUT2D eigenvalue weighted by molar-refractivity contribution is -0.141. The number of H-pyrrole nitrogens is 2. The zero-order valence-corrected chi connectivity index (χ0v) is 59.4. The summed E-state index contributed by atoms with van der Waals surface area (Å²) in [6.45, 7) is 12.2. The maximum absolute atomic E-state index is 15.2. The average Bonchev–Trinajstić information content (AvgIpc) is 0.897. The number of nitrogens with one attached hydrogen (secondary N) is 13. The van der Waals surface area contributed by atoms with E-state index in [1.165, 1.54) is 45.8 Å². The van der Waals surface area contributed by atoms with E-state index in [-0.39, 0.29) is 108 Å². The number of hydrogen-bond donors (Lipinski definition) is 20. The summed E-state index contributed by atoms with van der Waals surface area (Å²) in [5.41, 5.74) is 24.9. The van der Waals surface area contributed by atoms with E-state index in [0.29, 0.717) is 24.2 Å². The smallest absolute Gasteiger partial charge is 0.305 e. The molecule has 1 aliphatic rings. The summed E-state index contributed by atoms with van der Waals surface area (Å²) >= 11 is 0. The van der Waals surface area contributed by atoms with E-state index in [4.69, 9.17) is 28.7 Å². The number of allylic oxidation sites excluding steroid dienone is 2. The molecule has 0 fully saturated rings. The summed E-state index contributed by atoms with van der Waals surface area (Å²) in [6, 6.07) is -13.7. The second-order valence-corrected chi connectivity index (χ2v) is 27.0. The first-order valence-corrected chi connectivity index (χ1v) is 34.1. The van der Waals surface area contributed by atoms with Crippen molar-refractivity contribution in [2.45, 2.75) is 230 Å². The number of aromatic nitrogens is 4. The van der Waals surface area contributed by atoms with Crippen LogP contribution in [-0.4, -0.2) is 204 Å². The maximum atomic E-state index is 15.2. The molecule has 1 aliphatic heterocycles. The van der Waals surface area contributed by atoms with Crippen LogP contribution in [-0.2, 0) is 80.0 Å². The highest BCUT2D eigenvalue weighted by Gasteiger charge is 2.43. The van der Waals surface area contributed by atoms with Crippen molar-refractivity contribution in [3.05, 3.63) is 48.6 Å². The first kappa shape index (κ1) is 86.2. The molecule has 37 heteroatoms. The Morgan fingerprint density at radius 1 is 0.676 bits per heavy atom. The minimum atomic E-state index is -1.96. The molecule has 0 radical (unpaired) electrons. The second kappa shape index (κ2) is 42.9. The standard InChI is InChI=1S/C65H107N21O16/c1-35(2)24-44(54(94)79-43(19-20-50(67)89)53(93)81-48(28-51(90)91)58(98)82-49(32-87)52(68)92)83-61(101)64(7)21-13-10-9-11-16-37(5)29-65(8,86-60(100)41(17-12-14-22-66)77-56(96)46(76-38(6)88)26-39-30-71-33-74-39)62(102)84-45(25-36(3)4)55(95)80-47(27-40-31-72-34-75-40)57(97)78-42(59(99)85-64)18-15-23-73-63(69)70/h9,11,30-31,33-37,41-49,87H,10,12-29,32,66H2,1-8H3,(H2,67,89)(H2,68,92)(H,71,74)(H,72,75)(H,76,88)(H,77,96)(H,78,97)(H,79,94)(H,80,95)(H,81,93)(H,82,98)(H,83,101)(H,84,102)(H,85,99)(H,86,100)(H,90,91)(H4,69,70,73)/b11-9-/t37-,41-,42-,43-,44-,45-,46-,47-,48-,49-,64-,65-/m0/s1. The predicted molar refractivity (Wildman–Crippen MR) is 371 cm³/mol. The van der Waals surface area contributed by atoms with Crippen molar-refractivity contribution in [3.8, 4) is 0 Å². The first-order chi connectivity index (χ1) is 48.0. The number of carbonyl (C=O) groups excluding carboxylic acids is 13. The average molecular weight is 1440 g/mol. The van der Waals surface area contributed by atoms with Crippen LogP contribution in [0.2, 0.25) is 0 Å². The van der Waals surface area contributed by atoms with Gasteiger partial charge in [-0.05, 0) is 122 Å². The van der Waals surface area contributed by atoms with E-state index < -0.39 is 180 Å². The molecule has 0 bridgehead atoms.